The Morgan fingerprint density at radius 3 is 2.80 bits per heavy atom. The SMILES string of the molecule is CC1(NCc2cc(Br)ccc2O)CCC1. The summed E-state index contributed by atoms with van der Waals surface area (Å²) in [6.07, 6.45) is 3.79. The van der Waals surface area contributed by atoms with Crippen LogP contribution in [0, 0.1) is 0 Å². The zero-order chi connectivity index (χ0) is 10.9. The topological polar surface area (TPSA) is 32.3 Å². The average Bonchev–Trinajstić information content (AvgIpc) is 2.17. The number of rotatable bonds is 3. The van der Waals surface area contributed by atoms with E-state index in [2.05, 4.69) is 28.2 Å². The molecular formula is C12H16BrNO. The highest BCUT2D eigenvalue weighted by atomic mass is 79.9. The van der Waals surface area contributed by atoms with Gasteiger partial charge in [0.25, 0.3) is 0 Å². The fourth-order valence-corrected chi connectivity index (χ4v) is 2.30. The van der Waals surface area contributed by atoms with Crippen LogP contribution in [-0.4, -0.2) is 10.6 Å². The smallest absolute Gasteiger partial charge is 0.120 e. The summed E-state index contributed by atoms with van der Waals surface area (Å²) >= 11 is 3.41. The highest BCUT2D eigenvalue weighted by molar-refractivity contribution is 9.10. The third-order valence-electron chi connectivity index (χ3n) is 3.20. The van der Waals surface area contributed by atoms with Crippen LogP contribution in [0.25, 0.3) is 0 Å². The number of benzene rings is 1. The third-order valence-corrected chi connectivity index (χ3v) is 3.70. The highest BCUT2D eigenvalue weighted by Crippen LogP contribution is 2.32. The molecule has 82 valence electrons. The van der Waals surface area contributed by atoms with Crippen LogP contribution in [0.5, 0.6) is 5.75 Å². The van der Waals surface area contributed by atoms with Crippen molar-refractivity contribution in [3.05, 3.63) is 28.2 Å². The summed E-state index contributed by atoms with van der Waals surface area (Å²) in [5.41, 5.74) is 1.24. The molecule has 2 rings (SSSR count). The van der Waals surface area contributed by atoms with Gasteiger partial charge in [0.1, 0.15) is 5.75 Å². The van der Waals surface area contributed by atoms with E-state index in [0.717, 1.165) is 16.6 Å². The maximum Gasteiger partial charge on any atom is 0.120 e. The van der Waals surface area contributed by atoms with Gasteiger partial charge in [-0.15, -0.1) is 0 Å². The van der Waals surface area contributed by atoms with E-state index in [1.165, 1.54) is 19.3 Å². The summed E-state index contributed by atoms with van der Waals surface area (Å²) in [7, 11) is 0. The second-order valence-electron chi connectivity index (χ2n) is 4.54. The molecule has 0 bridgehead atoms. The fourth-order valence-electron chi connectivity index (χ4n) is 1.89. The molecule has 1 aliphatic carbocycles. The largest absolute Gasteiger partial charge is 0.508 e. The van der Waals surface area contributed by atoms with Crippen LogP contribution in [0.2, 0.25) is 0 Å². The molecule has 1 aromatic rings. The summed E-state index contributed by atoms with van der Waals surface area (Å²) in [5.74, 6) is 0.369. The standard InChI is InChI=1S/C12H16BrNO/c1-12(5-2-6-12)14-8-9-7-10(13)3-4-11(9)15/h3-4,7,14-15H,2,5-6,8H2,1H3. The molecule has 0 aliphatic heterocycles. The van der Waals surface area contributed by atoms with Gasteiger partial charge in [0, 0.05) is 22.1 Å². The van der Waals surface area contributed by atoms with E-state index >= 15 is 0 Å². The van der Waals surface area contributed by atoms with Crippen molar-refractivity contribution >= 4 is 15.9 Å². The Hall–Kier alpha value is -0.540. The van der Waals surface area contributed by atoms with E-state index < -0.39 is 0 Å². The molecule has 1 saturated carbocycles. The van der Waals surface area contributed by atoms with Crippen LogP contribution in [0.4, 0.5) is 0 Å². The molecule has 0 atom stereocenters. The first-order chi connectivity index (χ1) is 7.09. The van der Waals surface area contributed by atoms with E-state index in [0.29, 0.717) is 5.75 Å². The Kier molecular flexibility index (Phi) is 3.03. The van der Waals surface area contributed by atoms with Gasteiger partial charge in [0.2, 0.25) is 0 Å². The first kappa shape index (κ1) is 11.0. The Balaban J connectivity index is 2.01. The van der Waals surface area contributed by atoms with Crippen molar-refractivity contribution in [2.75, 3.05) is 0 Å². The summed E-state index contributed by atoms with van der Waals surface area (Å²) in [4.78, 5) is 0. The summed E-state index contributed by atoms with van der Waals surface area (Å²) in [6.45, 7) is 2.98. The average molecular weight is 270 g/mol. The van der Waals surface area contributed by atoms with E-state index in [-0.39, 0.29) is 5.54 Å². The minimum absolute atomic E-state index is 0.286. The number of aromatic hydroxyl groups is 1. The molecule has 1 fully saturated rings. The fraction of sp³-hybridized carbons (Fsp3) is 0.500. The van der Waals surface area contributed by atoms with Gasteiger partial charge in [-0.2, -0.15) is 0 Å². The normalized spacial score (nSPS) is 18.5. The monoisotopic (exact) mass is 269 g/mol. The van der Waals surface area contributed by atoms with Gasteiger partial charge in [0.15, 0.2) is 0 Å². The van der Waals surface area contributed by atoms with Crippen molar-refractivity contribution in [3.63, 3.8) is 0 Å². The van der Waals surface area contributed by atoms with Gasteiger partial charge >= 0.3 is 0 Å². The number of halogens is 1. The summed E-state index contributed by atoms with van der Waals surface area (Å²) < 4.78 is 1.01. The molecule has 0 spiro atoms. The van der Waals surface area contributed by atoms with E-state index in [9.17, 15) is 5.11 Å². The Bertz CT molecular complexity index is 361. The molecule has 2 nitrogen and oxygen atoms in total. The van der Waals surface area contributed by atoms with Crippen molar-refractivity contribution in [1.29, 1.82) is 0 Å². The Morgan fingerprint density at radius 1 is 1.47 bits per heavy atom. The Labute approximate surface area is 98.8 Å². The molecule has 1 aromatic carbocycles. The van der Waals surface area contributed by atoms with Crippen LogP contribution in [0.15, 0.2) is 22.7 Å². The number of phenols is 1. The maximum absolute atomic E-state index is 9.66. The molecular weight excluding hydrogens is 254 g/mol. The second-order valence-corrected chi connectivity index (χ2v) is 5.46. The molecule has 0 heterocycles. The molecule has 3 heteroatoms. The van der Waals surface area contributed by atoms with Gasteiger partial charge in [-0.1, -0.05) is 15.9 Å². The lowest BCUT2D eigenvalue weighted by Crippen LogP contribution is -2.47. The minimum Gasteiger partial charge on any atom is -0.508 e. The first-order valence-electron chi connectivity index (χ1n) is 5.31. The second kappa shape index (κ2) is 4.14. The van der Waals surface area contributed by atoms with Crippen LogP contribution < -0.4 is 5.32 Å². The molecule has 0 unspecified atom stereocenters. The van der Waals surface area contributed by atoms with Crippen LogP contribution in [-0.2, 0) is 6.54 Å². The van der Waals surface area contributed by atoms with Crippen LogP contribution in [0.3, 0.4) is 0 Å². The third kappa shape index (κ3) is 2.52. The molecule has 0 aromatic heterocycles. The molecule has 0 saturated heterocycles. The summed E-state index contributed by atoms with van der Waals surface area (Å²) in [6, 6.07) is 5.54. The van der Waals surface area contributed by atoms with Gasteiger partial charge in [0.05, 0.1) is 0 Å². The van der Waals surface area contributed by atoms with Gasteiger partial charge < -0.3 is 10.4 Å². The molecule has 1 aliphatic rings. The zero-order valence-corrected chi connectivity index (χ0v) is 10.5. The lowest BCUT2D eigenvalue weighted by Gasteiger charge is -2.39. The van der Waals surface area contributed by atoms with Gasteiger partial charge in [-0.25, -0.2) is 0 Å². The number of phenolic OH excluding ortho intramolecular Hbond substituents is 1. The van der Waals surface area contributed by atoms with E-state index in [1.54, 1.807) is 6.07 Å². The Morgan fingerprint density at radius 2 is 2.20 bits per heavy atom. The van der Waals surface area contributed by atoms with Gasteiger partial charge in [-0.05, 0) is 44.4 Å². The van der Waals surface area contributed by atoms with Gasteiger partial charge in [-0.3, -0.25) is 0 Å². The van der Waals surface area contributed by atoms with Crippen LogP contribution >= 0.6 is 15.9 Å². The van der Waals surface area contributed by atoms with Crippen molar-refractivity contribution in [3.8, 4) is 5.75 Å². The minimum atomic E-state index is 0.286. The molecule has 0 radical (unpaired) electrons. The maximum atomic E-state index is 9.66. The quantitative estimate of drug-likeness (QED) is 0.884. The lowest BCUT2D eigenvalue weighted by molar-refractivity contribution is 0.206. The van der Waals surface area contributed by atoms with E-state index in [4.69, 9.17) is 0 Å². The zero-order valence-electron chi connectivity index (χ0n) is 8.89. The molecule has 15 heavy (non-hydrogen) atoms. The van der Waals surface area contributed by atoms with Crippen LogP contribution in [0.1, 0.15) is 31.7 Å². The van der Waals surface area contributed by atoms with Crippen molar-refractivity contribution in [2.45, 2.75) is 38.3 Å². The predicted octanol–water partition coefficient (Wildman–Crippen LogP) is 3.19. The van der Waals surface area contributed by atoms with Crippen molar-refractivity contribution in [2.24, 2.45) is 0 Å². The first-order valence-corrected chi connectivity index (χ1v) is 6.11. The molecule has 2 N–H and O–H groups in total. The number of hydrogen-bond acceptors (Lipinski definition) is 2. The predicted molar refractivity (Wildman–Crippen MR) is 64.9 cm³/mol. The van der Waals surface area contributed by atoms with Crippen molar-refractivity contribution < 1.29 is 5.11 Å². The highest BCUT2D eigenvalue weighted by Gasteiger charge is 2.30. The number of hydrogen-bond donors (Lipinski definition) is 2. The summed E-state index contributed by atoms with van der Waals surface area (Å²) in [5, 5.41) is 13.2. The lowest BCUT2D eigenvalue weighted by atomic mass is 9.78. The van der Waals surface area contributed by atoms with E-state index in [1.807, 2.05) is 12.1 Å². The number of nitrogens with one attached hydrogen (secondary N) is 1. The van der Waals surface area contributed by atoms with Crippen molar-refractivity contribution in [1.82, 2.24) is 5.32 Å². The molecule has 0 amide bonds.